The number of carbonyl (C=O) groups excluding carboxylic acids is 1. The van der Waals surface area contributed by atoms with Gasteiger partial charge < -0.3 is 4.90 Å². The summed E-state index contributed by atoms with van der Waals surface area (Å²) in [5, 5.41) is 3.33. The molecule has 4 rings (SSSR count). The molecule has 3 aromatic carbocycles. The quantitative estimate of drug-likeness (QED) is 0.467. The zero-order valence-electron chi connectivity index (χ0n) is 17.9. The molecule has 0 atom stereocenters. The highest BCUT2D eigenvalue weighted by atomic mass is 32.1. The van der Waals surface area contributed by atoms with E-state index in [-0.39, 0.29) is 11.9 Å². The molecule has 1 aliphatic heterocycles. The average molecular weight is 442 g/mol. The SMILES string of the molecule is O=C(C=Cc1ccccc1)NC(=S)N1CCN(C(c2ccccc2)c2ccccc2)CC1. The first-order valence-electron chi connectivity index (χ1n) is 10.9. The Labute approximate surface area is 195 Å². The molecule has 0 saturated carbocycles. The molecule has 0 aliphatic carbocycles. The number of amides is 1. The van der Waals surface area contributed by atoms with Crippen LogP contribution in [0.5, 0.6) is 0 Å². The lowest BCUT2D eigenvalue weighted by Gasteiger charge is -2.40. The summed E-state index contributed by atoms with van der Waals surface area (Å²) in [7, 11) is 0. The number of nitrogens with one attached hydrogen (secondary N) is 1. The van der Waals surface area contributed by atoms with Crippen LogP contribution in [0.3, 0.4) is 0 Å². The van der Waals surface area contributed by atoms with E-state index in [4.69, 9.17) is 12.2 Å². The van der Waals surface area contributed by atoms with Crippen molar-refractivity contribution in [2.24, 2.45) is 0 Å². The number of carbonyl (C=O) groups is 1. The molecular formula is C27H27N3OS. The zero-order chi connectivity index (χ0) is 22.2. The molecule has 1 N–H and O–H groups in total. The Hall–Kier alpha value is -3.28. The maximum atomic E-state index is 12.3. The van der Waals surface area contributed by atoms with Crippen molar-refractivity contribution in [1.29, 1.82) is 0 Å². The minimum Gasteiger partial charge on any atom is -0.346 e. The van der Waals surface area contributed by atoms with Gasteiger partial charge in [0.05, 0.1) is 6.04 Å². The van der Waals surface area contributed by atoms with E-state index in [1.807, 2.05) is 30.3 Å². The first kappa shape index (κ1) is 21.9. The van der Waals surface area contributed by atoms with Crippen molar-refractivity contribution in [3.05, 3.63) is 114 Å². The van der Waals surface area contributed by atoms with E-state index in [1.54, 1.807) is 6.08 Å². The molecule has 0 unspecified atom stereocenters. The number of hydrogen-bond donors (Lipinski definition) is 1. The Morgan fingerprint density at radius 1 is 0.781 bits per heavy atom. The summed E-state index contributed by atoms with van der Waals surface area (Å²) in [5.41, 5.74) is 3.55. The van der Waals surface area contributed by atoms with Gasteiger partial charge >= 0.3 is 0 Å². The van der Waals surface area contributed by atoms with E-state index < -0.39 is 0 Å². The first-order chi connectivity index (χ1) is 15.7. The highest BCUT2D eigenvalue weighted by molar-refractivity contribution is 7.80. The number of benzene rings is 3. The lowest BCUT2D eigenvalue weighted by Crippen LogP contribution is -2.53. The van der Waals surface area contributed by atoms with Gasteiger partial charge in [0.2, 0.25) is 5.91 Å². The highest BCUT2D eigenvalue weighted by Gasteiger charge is 2.27. The molecule has 0 bridgehead atoms. The van der Waals surface area contributed by atoms with Crippen LogP contribution >= 0.6 is 12.2 Å². The van der Waals surface area contributed by atoms with Crippen LogP contribution in [-0.4, -0.2) is 47.0 Å². The Kier molecular flexibility index (Phi) is 7.43. The monoisotopic (exact) mass is 441 g/mol. The number of nitrogens with zero attached hydrogens (tertiary/aromatic N) is 2. The number of rotatable bonds is 5. The molecular weight excluding hydrogens is 414 g/mol. The van der Waals surface area contributed by atoms with Crippen LogP contribution in [0.15, 0.2) is 97.1 Å². The number of piperazine rings is 1. The van der Waals surface area contributed by atoms with Crippen molar-refractivity contribution >= 4 is 29.3 Å². The van der Waals surface area contributed by atoms with Crippen LogP contribution in [-0.2, 0) is 4.79 Å². The second-order valence-electron chi connectivity index (χ2n) is 7.79. The predicted molar refractivity (Wildman–Crippen MR) is 134 cm³/mol. The molecule has 0 spiro atoms. The summed E-state index contributed by atoms with van der Waals surface area (Å²) in [6.45, 7) is 3.28. The van der Waals surface area contributed by atoms with Gasteiger partial charge in [0.15, 0.2) is 5.11 Å². The maximum absolute atomic E-state index is 12.3. The molecule has 0 radical (unpaired) electrons. The molecule has 1 amide bonds. The van der Waals surface area contributed by atoms with Crippen molar-refractivity contribution in [2.75, 3.05) is 26.2 Å². The van der Waals surface area contributed by atoms with Gasteiger partial charge in [-0.05, 0) is 35.0 Å². The normalized spacial score (nSPS) is 14.6. The molecule has 4 nitrogen and oxygen atoms in total. The topological polar surface area (TPSA) is 35.6 Å². The predicted octanol–water partition coefficient (Wildman–Crippen LogP) is 4.51. The van der Waals surface area contributed by atoms with Gasteiger partial charge in [-0.1, -0.05) is 91.0 Å². The smallest absolute Gasteiger partial charge is 0.250 e. The van der Waals surface area contributed by atoms with E-state index in [0.29, 0.717) is 5.11 Å². The molecule has 5 heteroatoms. The molecule has 1 aliphatic rings. The Morgan fingerprint density at radius 3 is 1.81 bits per heavy atom. The summed E-state index contributed by atoms with van der Waals surface area (Å²) in [6.07, 6.45) is 3.32. The fourth-order valence-electron chi connectivity index (χ4n) is 4.03. The molecule has 32 heavy (non-hydrogen) atoms. The summed E-state index contributed by atoms with van der Waals surface area (Å²) in [4.78, 5) is 16.9. The van der Waals surface area contributed by atoms with E-state index in [9.17, 15) is 4.79 Å². The van der Waals surface area contributed by atoms with Gasteiger partial charge in [0.25, 0.3) is 0 Å². The number of hydrogen-bond acceptors (Lipinski definition) is 3. The summed E-state index contributed by atoms with van der Waals surface area (Å²) < 4.78 is 0. The van der Waals surface area contributed by atoms with Crippen molar-refractivity contribution < 1.29 is 4.79 Å². The molecule has 1 fully saturated rings. The fourth-order valence-corrected chi connectivity index (χ4v) is 4.31. The van der Waals surface area contributed by atoms with Gasteiger partial charge in [-0.15, -0.1) is 0 Å². The molecule has 1 heterocycles. The molecule has 0 aromatic heterocycles. The molecule has 3 aromatic rings. The van der Waals surface area contributed by atoms with Crippen LogP contribution < -0.4 is 5.32 Å². The minimum absolute atomic E-state index is 0.201. The second kappa shape index (κ2) is 10.8. The summed E-state index contributed by atoms with van der Waals surface area (Å²) in [6, 6.07) is 31.2. The third-order valence-corrected chi connectivity index (χ3v) is 6.01. The summed E-state index contributed by atoms with van der Waals surface area (Å²) >= 11 is 5.51. The van der Waals surface area contributed by atoms with Gasteiger partial charge in [-0.3, -0.25) is 15.0 Å². The highest BCUT2D eigenvalue weighted by Crippen LogP contribution is 2.29. The third kappa shape index (κ3) is 5.69. The van der Waals surface area contributed by atoms with Crippen molar-refractivity contribution in [1.82, 2.24) is 15.1 Å². The van der Waals surface area contributed by atoms with Gasteiger partial charge in [0, 0.05) is 32.3 Å². The van der Waals surface area contributed by atoms with Crippen LogP contribution in [0.1, 0.15) is 22.7 Å². The van der Waals surface area contributed by atoms with Crippen LogP contribution in [0.25, 0.3) is 6.08 Å². The van der Waals surface area contributed by atoms with Gasteiger partial charge in [0.1, 0.15) is 0 Å². The molecule has 1 saturated heterocycles. The van der Waals surface area contributed by atoms with Gasteiger partial charge in [-0.25, -0.2) is 0 Å². The minimum atomic E-state index is -0.201. The first-order valence-corrected chi connectivity index (χ1v) is 11.3. The molecule has 162 valence electrons. The second-order valence-corrected chi connectivity index (χ2v) is 8.17. The van der Waals surface area contributed by atoms with E-state index in [2.05, 4.69) is 75.8 Å². The third-order valence-electron chi connectivity index (χ3n) is 5.65. The standard InChI is InChI=1S/C27H27N3OS/c31-25(17-16-22-10-4-1-5-11-22)28-27(32)30-20-18-29(19-21-30)26(23-12-6-2-7-13-23)24-14-8-3-9-15-24/h1-17,26H,18-21H2,(H,28,31,32). The van der Waals surface area contributed by atoms with Gasteiger partial charge in [-0.2, -0.15) is 0 Å². The maximum Gasteiger partial charge on any atom is 0.250 e. The van der Waals surface area contributed by atoms with Crippen molar-refractivity contribution in [3.63, 3.8) is 0 Å². The van der Waals surface area contributed by atoms with Crippen molar-refractivity contribution in [3.8, 4) is 0 Å². The Bertz CT molecular complexity index is 1010. The van der Waals surface area contributed by atoms with E-state index in [0.717, 1.165) is 31.7 Å². The Balaban J connectivity index is 1.36. The van der Waals surface area contributed by atoms with E-state index >= 15 is 0 Å². The fraction of sp³-hybridized carbons (Fsp3) is 0.185. The zero-order valence-corrected chi connectivity index (χ0v) is 18.7. The number of thiocarbonyl (C=S) groups is 1. The van der Waals surface area contributed by atoms with E-state index in [1.165, 1.54) is 17.2 Å². The lowest BCUT2D eigenvalue weighted by molar-refractivity contribution is -0.115. The lowest BCUT2D eigenvalue weighted by atomic mass is 9.96. The van der Waals surface area contributed by atoms with Crippen LogP contribution in [0.4, 0.5) is 0 Å². The average Bonchev–Trinajstić information content (AvgIpc) is 2.85. The largest absolute Gasteiger partial charge is 0.346 e. The van der Waals surface area contributed by atoms with Crippen LogP contribution in [0.2, 0.25) is 0 Å². The Morgan fingerprint density at radius 2 is 1.28 bits per heavy atom. The van der Waals surface area contributed by atoms with Crippen molar-refractivity contribution in [2.45, 2.75) is 6.04 Å². The van der Waals surface area contributed by atoms with Crippen LogP contribution in [0, 0.1) is 0 Å². The summed E-state index contributed by atoms with van der Waals surface area (Å²) in [5.74, 6) is -0.201.